The molecule has 0 radical (unpaired) electrons. The third kappa shape index (κ3) is 3.75. The lowest BCUT2D eigenvalue weighted by Gasteiger charge is -2.03. The number of aliphatic hydroxyl groups excluding tert-OH is 1. The predicted octanol–water partition coefficient (Wildman–Crippen LogP) is 2.32. The van der Waals surface area contributed by atoms with Gasteiger partial charge in [0.05, 0.1) is 6.10 Å². The Morgan fingerprint density at radius 3 is 2.69 bits per heavy atom. The van der Waals surface area contributed by atoms with Crippen LogP contribution in [0.4, 0.5) is 0 Å². The molecule has 0 saturated carbocycles. The van der Waals surface area contributed by atoms with Gasteiger partial charge in [0.1, 0.15) is 0 Å². The van der Waals surface area contributed by atoms with Crippen LogP contribution in [0.15, 0.2) is 48.7 Å². The topological polar surface area (TPSA) is 20.2 Å². The molecule has 0 aliphatic rings. The van der Waals surface area contributed by atoms with Gasteiger partial charge in [-0.2, -0.15) is 0 Å². The Kier molecular flexibility index (Phi) is 4.04. The molecule has 0 unspecified atom stereocenters. The molecule has 0 aliphatic heterocycles. The van der Waals surface area contributed by atoms with E-state index in [9.17, 15) is 5.11 Å². The van der Waals surface area contributed by atoms with Crippen molar-refractivity contribution in [2.75, 3.05) is 0 Å². The quantitative estimate of drug-likeness (QED) is 0.694. The minimum Gasteiger partial charge on any atom is -0.388 e. The van der Waals surface area contributed by atoms with Crippen molar-refractivity contribution in [2.45, 2.75) is 18.9 Å². The van der Waals surface area contributed by atoms with E-state index in [0.29, 0.717) is 0 Å². The highest BCUT2D eigenvalue weighted by molar-refractivity contribution is 5.14. The monoisotopic (exact) mass is 174 g/mol. The Morgan fingerprint density at radius 2 is 2.08 bits per heavy atom. The Hall–Kier alpha value is -1.30. The maximum absolute atomic E-state index is 9.35. The summed E-state index contributed by atoms with van der Waals surface area (Å²) in [6.45, 7) is 3.42. The lowest BCUT2D eigenvalue weighted by atomic mass is 10.1. The number of aryl methyl sites for hydroxylation is 1. The van der Waals surface area contributed by atoms with Crippen LogP contribution < -0.4 is 0 Å². The van der Waals surface area contributed by atoms with Crippen LogP contribution in [0.25, 0.3) is 0 Å². The summed E-state index contributed by atoms with van der Waals surface area (Å²) in [5.74, 6) is 0. The molecule has 0 aromatic heterocycles. The summed E-state index contributed by atoms with van der Waals surface area (Å²) in [5.41, 5.74) is 3.83. The van der Waals surface area contributed by atoms with Crippen molar-refractivity contribution in [3.05, 3.63) is 54.3 Å². The summed E-state index contributed by atoms with van der Waals surface area (Å²) in [4.78, 5) is 0. The van der Waals surface area contributed by atoms with Gasteiger partial charge >= 0.3 is 0 Å². The van der Waals surface area contributed by atoms with E-state index in [1.165, 1.54) is 5.56 Å². The van der Waals surface area contributed by atoms with Crippen LogP contribution in [0.2, 0.25) is 0 Å². The number of aliphatic hydroxyl groups is 1. The molecule has 0 amide bonds. The lowest BCUT2D eigenvalue weighted by molar-refractivity contribution is 0.213. The second-order valence-electron chi connectivity index (χ2n) is 2.96. The van der Waals surface area contributed by atoms with Gasteiger partial charge in [-0.15, -0.1) is 5.73 Å². The maximum atomic E-state index is 9.35. The summed E-state index contributed by atoms with van der Waals surface area (Å²) in [6, 6.07) is 10.1. The highest BCUT2D eigenvalue weighted by Crippen LogP contribution is 2.04. The fourth-order valence-corrected chi connectivity index (χ4v) is 1.18. The van der Waals surface area contributed by atoms with E-state index in [0.717, 1.165) is 12.8 Å². The van der Waals surface area contributed by atoms with Crippen LogP contribution in [0.5, 0.6) is 0 Å². The first kappa shape index (κ1) is 9.79. The van der Waals surface area contributed by atoms with Gasteiger partial charge in [-0.05, 0) is 24.5 Å². The second-order valence-corrected chi connectivity index (χ2v) is 2.96. The van der Waals surface area contributed by atoms with Gasteiger partial charge in [0.2, 0.25) is 0 Å². The lowest BCUT2D eigenvalue weighted by Crippen LogP contribution is -2.02. The minimum absolute atomic E-state index is 0.419. The molecule has 0 heterocycles. The summed E-state index contributed by atoms with van der Waals surface area (Å²) >= 11 is 0. The Bertz CT molecular complexity index is 283. The highest BCUT2D eigenvalue weighted by atomic mass is 16.3. The zero-order chi connectivity index (χ0) is 9.52. The van der Waals surface area contributed by atoms with Crippen molar-refractivity contribution in [3.8, 4) is 0 Å². The van der Waals surface area contributed by atoms with E-state index in [2.05, 4.69) is 24.4 Å². The van der Waals surface area contributed by atoms with Crippen LogP contribution in [0, 0.1) is 0 Å². The van der Waals surface area contributed by atoms with Crippen molar-refractivity contribution in [1.29, 1.82) is 0 Å². The minimum atomic E-state index is -0.419. The Labute approximate surface area is 79.0 Å². The molecule has 0 aliphatic carbocycles. The first-order valence-electron chi connectivity index (χ1n) is 4.41. The SMILES string of the molecule is C=C=C[C@H](O)CCc1ccccc1. The van der Waals surface area contributed by atoms with Crippen LogP contribution in [0.1, 0.15) is 12.0 Å². The van der Waals surface area contributed by atoms with Crippen molar-refractivity contribution in [1.82, 2.24) is 0 Å². The molecule has 1 aromatic carbocycles. The van der Waals surface area contributed by atoms with Crippen LogP contribution in [-0.2, 0) is 6.42 Å². The zero-order valence-electron chi connectivity index (χ0n) is 7.61. The van der Waals surface area contributed by atoms with E-state index in [1.807, 2.05) is 18.2 Å². The van der Waals surface area contributed by atoms with Crippen LogP contribution in [0.3, 0.4) is 0 Å². The molecular formula is C12H14O. The molecule has 1 nitrogen and oxygen atoms in total. The Balaban J connectivity index is 2.39. The molecule has 1 N–H and O–H groups in total. The summed E-state index contributed by atoms with van der Waals surface area (Å²) < 4.78 is 0. The first-order valence-corrected chi connectivity index (χ1v) is 4.41. The fourth-order valence-electron chi connectivity index (χ4n) is 1.18. The van der Waals surface area contributed by atoms with Gasteiger partial charge in [-0.1, -0.05) is 36.9 Å². The molecule has 13 heavy (non-hydrogen) atoms. The van der Waals surface area contributed by atoms with Crippen LogP contribution in [-0.4, -0.2) is 11.2 Å². The zero-order valence-corrected chi connectivity index (χ0v) is 7.61. The summed E-state index contributed by atoms with van der Waals surface area (Å²) in [6.07, 6.45) is 2.79. The second kappa shape index (κ2) is 5.36. The fraction of sp³-hybridized carbons (Fsp3) is 0.250. The normalized spacial score (nSPS) is 11.8. The number of benzene rings is 1. The third-order valence-electron chi connectivity index (χ3n) is 1.88. The van der Waals surface area contributed by atoms with Crippen molar-refractivity contribution < 1.29 is 5.11 Å². The van der Waals surface area contributed by atoms with Crippen molar-refractivity contribution in [2.24, 2.45) is 0 Å². The van der Waals surface area contributed by atoms with Gasteiger partial charge in [0.15, 0.2) is 0 Å². The smallest absolute Gasteiger partial charge is 0.0797 e. The van der Waals surface area contributed by atoms with Crippen molar-refractivity contribution >= 4 is 0 Å². The largest absolute Gasteiger partial charge is 0.388 e. The number of hydrogen-bond acceptors (Lipinski definition) is 1. The molecule has 1 heteroatoms. The maximum Gasteiger partial charge on any atom is 0.0797 e. The van der Waals surface area contributed by atoms with E-state index < -0.39 is 6.10 Å². The highest BCUT2D eigenvalue weighted by Gasteiger charge is 1.98. The van der Waals surface area contributed by atoms with Gasteiger partial charge in [-0.3, -0.25) is 0 Å². The van der Waals surface area contributed by atoms with E-state index >= 15 is 0 Å². The van der Waals surface area contributed by atoms with Crippen LogP contribution >= 0.6 is 0 Å². The van der Waals surface area contributed by atoms with E-state index in [1.54, 1.807) is 6.08 Å². The molecule has 0 spiro atoms. The average molecular weight is 174 g/mol. The number of hydrogen-bond donors (Lipinski definition) is 1. The standard InChI is InChI=1S/C12H14O/c1-2-6-12(13)10-9-11-7-4-3-5-8-11/h3-8,12-13H,1,9-10H2/t12-/m0/s1. The molecule has 0 bridgehead atoms. The number of rotatable bonds is 4. The Morgan fingerprint density at radius 1 is 1.38 bits per heavy atom. The molecule has 0 saturated heterocycles. The molecular weight excluding hydrogens is 160 g/mol. The van der Waals surface area contributed by atoms with E-state index in [4.69, 9.17) is 0 Å². The van der Waals surface area contributed by atoms with Crippen molar-refractivity contribution in [3.63, 3.8) is 0 Å². The molecule has 1 aromatic rings. The predicted molar refractivity (Wildman–Crippen MR) is 54.5 cm³/mol. The van der Waals surface area contributed by atoms with Gasteiger partial charge in [0.25, 0.3) is 0 Å². The van der Waals surface area contributed by atoms with Gasteiger partial charge in [0, 0.05) is 0 Å². The molecule has 68 valence electrons. The van der Waals surface area contributed by atoms with Gasteiger partial charge < -0.3 is 5.11 Å². The van der Waals surface area contributed by atoms with Gasteiger partial charge in [-0.25, -0.2) is 0 Å². The summed E-state index contributed by atoms with van der Waals surface area (Å²) in [7, 11) is 0. The molecule has 0 fully saturated rings. The average Bonchev–Trinajstić information content (AvgIpc) is 2.17. The van der Waals surface area contributed by atoms with E-state index in [-0.39, 0.29) is 0 Å². The first-order chi connectivity index (χ1) is 6.33. The molecule has 1 atom stereocenters. The third-order valence-corrected chi connectivity index (χ3v) is 1.88. The molecule has 1 rings (SSSR count). The summed E-state index contributed by atoms with van der Waals surface area (Å²) in [5, 5.41) is 9.35.